The molecular weight excluding hydrogens is 446 g/mol. The molecule has 0 aliphatic heterocycles. The highest BCUT2D eigenvalue weighted by atomic mass is 35.5. The molecule has 0 radical (unpaired) electrons. The van der Waals surface area contributed by atoms with Crippen molar-refractivity contribution in [2.24, 2.45) is 0 Å². The largest absolute Gasteiger partial charge is 0.423 e. The molecule has 3 aromatic rings. The van der Waals surface area contributed by atoms with Gasteiger partial charge in [-0.15, -0.1) is 0 Å². The van der Waals surface area contributed by atoms with Crippen LogP contribution in [0.1, 0.15) is 21.5 Å². The molecule has 0 heterocycles. The van der Waals surface area contributed by atoms with E-state index in [-0.39, 0.29) is 22.7 Å². The van der Waals surface area contributed by atoms with Crippen LogP contribution in [0, 0.1) is 28.4 Å². The van der Waals surface area contributed by atoms with Crippen molar-refractivity contribution in [2.45, 2.75) is 6.92 Å². The number of rotatable bonds is 6. The van der Waals surface area contributed by atoms with Gasteiger partial charge in [-0.05, 0) is 54.5 Å². The number of carbonyl (C=O) groups excluding carboxylic acids is 2. The van der Waals surface area contributed by atoms with E-state index >= 15 is 0 Å². The summed E-state index contributed by atoms with van der Waals surface area (Å²) in [6, 6.07) is 18.4. The zero-order valence-corrected chi connectivity index (χ0v) is 18.0. The summed E-state index contributed by atoms with van der Waals surface area (Å²) in [7, 11) is 0. The van der Waals surface area contributed by atoms with Crippen LogP contribution in [-0.2, 0) is 4.79 Å². The van der Waals surface area contributed by atoms with Crippen LogP contribution in [0.2, 0.25) is 5.02 Å². The molecule has 0 aliphatic rings. The smallest absolute Gasteiger partial charge is 0.343 e. The molecule has 0 aliphatic carbocycles. The fourth-order valence-electron chi connectivity index (χ4n) is 2.78. The highest BCUT2D eigenvalue weighted by molar-refractivity contribution is 6.30. The van der Waals surface area contributed by atoms with Crippen LogP contribution in [0.4, 0.5) is 11.4 Å². The Labute approximate surface area is 193 Å². The van der Waals surface area contributed by atoms with Gasteiger partial charge in [0, 0.05) is 17.2 Å². The van der Waals surface area contributed by atoms with Crippen LogP contribution >= 0.6 is 11.6 Å². The molecule has 9 heteroatoms. The van der Waals surface area contributed by atoms with Crippen molar-refractivity contribution in [3.8, 4) is 11.8 Å². The maximum absolute atomic E-state index is 12.5. The summed E-state index contributed by atoms with van der Waals surface area (Å²) in [5.41, 5.74) is 1.27. The van der Waals surface area contributed by atoms with Gasteiger partial charge >= 0.3 is 5.97 Å². The zero-order valence-electron chi connectivity index (χ0n) is 17.2. The first kappa shape index (κ1) is 23.2. The molecule has 1 N–H and O–H groups in total. The monoisotopic (exact) mass is 461 g/mol. The number of esters is 1. The Balaban J connectivity index is 1.73. The van der Waals surface area contributed by atoms with Crippen molar-refractivity contribution in [3.63, 3.8) is 0 Å². The second-order valence-corrected chi connectivity index (χ2v) is 7.29. The Hall–Kier alpha value is -4.48. The van der Waals surface area contributed by atoms with E-state index < -0.39 is 16.8 Å². The number of carbonyl (C=O) groups is 2. The summed E-state index contributed by atoms with van der Waals surface area (Å²) in [4.78, 5) is 35.1. The number of nitro benzene ring substituents is 1. The van der Waals surface area contributed by atoms with Gasteiger partial charge in [-0.1, -0.05) is 35.9 Å². The van der Waals surface area contributed by atoms with E-state index in [4.69, 9.17) is 16.3 Å². The predicted octanol–water partition coefficient (Wildman–Crippen LogP) is 5.32. The number of benzene rings is 3. The molecule has 0 fully saturated rings. The zero-order chi connectivity index (χ0) is 24.0. The summed E-state index contributed by atoms with van der Waals surface area (Å²) in [5.74, 6) is -1.02. The molecule has 164 valence electrons. The van der Waals surface area contributed by atoms with Gasteiger partial charge in [0.15, 0.2) is 0 Å². The standard InChI is InChI=1S/C24H16ClN3O5/c1-15-5-8-20(28(31)32)13-22(15)27-23(29)18(14-26)11-16-6-9-21(10-7-16)33-24(30)17-3-2-4-19(25)12-17/h2-13H,1H3,(H,27,29)/b18-11+. The number of nitrogens with zero attached hydrogens (tertiary/aromatic N) is 2. The molecule has 0 bridgehead atoms. The number of aryl methyl sites for hydroxylation is 1. The maximum atomic E-state index is 12.5. The highest BCUT2D eigenvalue weighted by Crippen LogP contribution is 2.23. The normalized spacial score (nSPS) is 10.8. The first-order valence-electron chi connectivity index (χ1n) is 9.53. The quantitative estimate of drug-likeness (QED) is 0.132. The van der Waals surface area contributed by atoms with Crippen molar-refractivity contribution in [1.82, 2.24) is 0 Å². The first-order chi connectivity index (χ1) is 15.8. The Kier molecular flexibility index (Phi) is 7.18. The number of non-ortho nitro benzene ring substituents is 1. The molecule has 0 atom stereocenters. The molecule has 0 saturated heterocycles. The van der Waals surface area contributed by atoms with Gasteiger partial charge in [-0.25, -0.2) is 4.79 Å². The van der Waals surface area contributed by atoms with Gasteiger partial charge in [0.25, 0.3) is 11.6 Å². The van der Waals surface area contributed by atoms with E-state index in [2.05, 4.69) is 5.32 Å². The molecule has 0 aromatic heterocycles. The van der Waals surface area contributed by atoms with Gasteiger partial charge in [0.1, 0.15) is 17.4 Å². The van der Waals surface area contributed by atoms with Crippen LogP contribution in [0.5, 0.6) is 5.75 Å². The first-order valence-corrected chi connectivity index (χ1v) is 9.90. The Morgan fingerprint density at radius 2 is 1.85 bits per heavy atom. The molecule has 1 amide bonds. The Bertz CT molecular complexity index is 1310. The van der Waals surface area contributed by atoms with Gasteiger partial charge in [0.2, 0.25) is 0 Å². The fraction of sp³-hybridized carbons (Fsp3) is 0.0417. The Morgan fingerprint density at radius 3 is 2.48 bits per heavy atom. The molecule has 3 aromatic carbocycles. The maximum Gasteiger partial charge on any atom is 0.343 e. The molecular formula is C24H16ClN3O5. The summed E-state index contributed by atoms with van der Waals surface area (Å²) >= 11 is 5.88. The van der Waals surface area contributed by atoms with Crippen molar-refractivity contribution >= 4 is 40.9 Å². The molecule has 0 spiro atoms. The molecule has 0 unspecified atom stereocenters. The fourth-order valence-corrected chi connectivity index (χ4v) is 2.97. The number of halogens is 1. The van der Waals surface area contributed by atoms with E-state index in [1.54, 1.807) is 37.3 Å². The highest BCUT2D eigenvalue weighted by Gasteiger charge is 2.14. The van der Waals surface area contributed by atoms with Crippen LogP contribution in [0.3, 0.4) is 0 Å². The average Bonchev–Trinajstić information content (AvgIpc) is 2.79. The van der Waals surface area contributed by atoms with E-state index in [1.807, 2.05) is 6.07 Å². The lowest BCUT2D eigenvalue weighted by atomic mass is 10.1. The summed E-state index contributed by atoms with van der Waals surface area (Å²) in [6.45, 7) is 1.68. The second-order valence-electron chi connectivity index (χ2n) is 6.85. The predicted molar refractivity (Wildman–Crippen MR) is 123 cm³/mol. The third kappa shape index (κ3) is 6.03. The molecule has 0 saturated carbocycles. The van der Waals surface area contributed by atoms with Gasteiger partial charge in [-0.3, -0.25) is 14.9 Å². The van der Waals surface area contributed by atoms with Crippen LogP contribution < -0.4 is 10.1 Å². The lowest BCUT2D eigenvalue weighted by Gasteiger charge is -2.08. The van der Waals surface area contributed by atoms with Crippen LogP contribution in [0.15, 0.2) is 72.3 Å². The third-order valence-electron chi connectivity index (χ3n) is 4.51. The van der Waals surface area contributed by atoms with Crippen LogP contribution in [0.25, 0.3) is 6.08 Å². The van der Waals surface area contributed by atoms with E-state index in [0.29, 0.717) is 21.7 Å². The lowest BCUT2D eigenvalue weighted by Crippen LogP contribution is -2.14. The lowest BCUT2D eigenvalue weighted by molar-refractivity contribution is -0.384. The molecule has 3 rings (SSSR count). The van der Waals surface area contributed by atoms with Gasteiger partial charge in [0.05, 0.1) is 16.2 Å². The summed E-state index contributed by atoms with van der Waals surface area (Å²) in [6.07, 6.45) is 1.35. The molecule has 8 nitrogen and oxygen atoms in total. The minimum atomic E-state index is -0.711. The SMILES string of the molecule is Cc1ccc([N+](=O)[O-])cc1NC(=O)/C(C#N)=C/c1ccc(OC(=O)c2cccc(Cl)c2)cc1. The van der Waals surface area contributed by atoms with Gasteiger partial charge in [-0.2, -0.15) is 5.26 Å². The Morgan fingerprint density at radius 1 is 1.12 bits per heavy atom. The third-order valence-corrected chi connectivity index (χ3v) is 4.74. The molecule has 33 heavy (non-hydrogen) atoms. The van der Waals surface area contributed by atoms with E-state index in [1.165, 1.54) is 42.5 Å². The number of nitro groups is 1. The topological polar surface area (TPSA) is 122 Å². The number of nitrogens with one attached hydrogen (secondary N) is 1. The van der Waals surface area contributed by atoms with Crippen molar-refractivity contribution in [1.29, 1.82) is 5.26 Å². The summed E-state index contributed by atoms with van der Waals surface area (Å²) < 4.78 is 5.29. The number of amides is 1. The number of hydrogen-bond acceptors (Lipinski definition) is 6. The number of nitriles is 1. The minimum Gasteiger partial charge on any atom is -0.423 e. The van der Waals surface area contributed by atoms with Gasteiger partial charge < -0.3 is 10.1 Å². The second kappa shape index (κ2) is 10.2. The number of ether oxygens (including phenoxy) is 1. The van der Waals surface area contributed by atoms with Crippen molar-refractivity contribution < 1.29 is 19.2 Å². The van der Waals surface area contributed by atoms with Crippen LogP contribution in [-0.4, -0.2) is 16.8 Å². The van der Waals surface area contributed by atoms with Crippen molar-refractivity contribution in [3.05, 3.63) is 104 Å². The summed E-state index contributed by atoms with van der Waals surface area (Å²) in [5, 5.41) is 23.3. The van der Waals surface area contributed by atoms with E-state index in [0.717, 1.165) is 0 Å². The number of anilines is 1. The number of hydrogen-bond donors (Lipinski definition) is 1. The van der Waals surface area contributed by atoms with Crippen molar-refractivity contribution in [2.75, 3.05) is 5.32 Å². The minimum absolute atomic E-state index is 0.179. The average molecular weight is 462 g/mol. The van der Waals surface area contributed by atoms with E-state index in [9.17, 15) is 25.0 Å².